The summed E-state index contributed by atoms with van der Waals surface area (Å²) in [6.07, 6.45) is 3.23. The normalized spacial score (nSPS) is 10.9. The van der Waals surface area contributed by atoms with Crippen LogP contribution in [0.2, 0.25) is 0 Å². The molecule has 0 aliphatic carbocycles. The second kappa shape index (κ2) is 10.5. The molecule has 0 bridgehead atoms. The van der Waals surface area contributed by atoms with Crippen molar-refractivity contribution in [3.8, 4) is 5.69 Å². The summed E-state index contributed by atoms with van der Waals surface area (Å²) in [5.74, 6) is -0.574. The molecule has 3 rings (SSSR count). The van der Waals surface area contributed by atoms with Crippen molar-refractivity contribution < 1.29 is 19.1 Å². The van der Waals surface area contributed by atoms with Crippen molar-refractivity contribution in [2.24, 2.45) is 0 Å². The molecule has 33 heavy (non-hydrogen) atoms. The van der Waals surface area contributed by atoms with E-state index in [0.717, 1.165) is 11.3 Å². The number of hydrogen-bond acceptors (Lipinski definition) is 4. The molecule has 8 heteroatoms. The van der Waals surface area contributed by atoms with Gasteiger partial charge in [0.05, 0.1) is 0 Å². The zero-order chi connectivity index (χ0) is 23.8. The Labute approximate surface area is 192 Å². The molecule has 0 fully saturated rings. The lowest BCUT2D eigenvalue weighted by Crippen LogP contribution is -2.39. The first-order chi connectivity index (χ1) is 15.7. The quantitative estimate of drug-likeness (QED) is 0.511. The number of carbonyl (C=O) groups excluding carboxylic acids is 3. The average Bonchev–Trinajstić information content (AvgIpc) is 3.30. The number of carbonyl (C=O) groups is 3. The lowest BCUT2D eigenvalue weighted by Gasteiger charge is -2.19. The van der Waals surface area contributed by atoms with Gasteiger partial charge in [-0.1, -0.05) is 12.1 Å². The van der Waals surface area contributed by atoms with Gasteiger partial charge in [-0.15, -0.1) is 0 Å². The molecule has 0 saturated carbocycles. The fraction of sp³-hybridized carbons (Fsp3) is 0.240. The Bertz CT molecular complexity index is 1100. The molecular weight excluding hydrogens is 420 g/mol. The highest BCUT2D eigenvalue weighted by Gasteiger charge is 2.16. The maximum atomic E-state index is 12.6. The molecule has 2 aromatic carbocycles. The number of nitrogens with one attached hydrogen (secondary N) is 3. The number of alkyl carbamates (subject to hydrolysis) is 1. The summed E-state index contributed by atoms with van der Waals surface area (Å²) in [6.45, 7) is 5.31. The first-order valence-corrected chi connectivity index (χ1v) is 10.6. The van der Waals surface area contributed by atoms with Crippen LogP contribution in [0.25, 0.3) is 5.69 Å². The molecule has 0 aliphatic heterocycles. The molecule has 1 aromatic heterocycles. The van der Waals surface area contributed by atoms with Crippen LogP contribution in [0, 0.1) is 0 Å². The smallest absolute Gasteiger partial charge is 0.408 e. The first kappa shape index (κ1) is 23.6. The van der Waals surface area contributed by atoms with Crippen molar-refractivity contribution in [1.29, 1.82) is 0 Å². The standard InChI is InChI=1S/C25H28N4O4/c1-25(2,3)33-24(32)27-17-22(30)26-16-18-7-6-8-20(15-18)28-23(31)19-9-11-21(12-10-19)29-13-4-5-14-29/h4-15H,16-17H2,1-3H3,(H,26,30)(H,27,32)(H,28,31). The summed E-state index contributed by atoms with van der Waals surface area (Å²) in [5.41, 5.74) is 2.30. The van der Waals surface area contributed by atoms with E-state index in [9.17, 15) is 14.4 Å². The van der Waals surface area contributed by atoms with E-state index < -0.39 is 11.7 Å². The topological polar surface area (TPSA) is 101 Å². The number of aromatic nitrogens is 1. The Hall–Kier alpha value is -4.07. The van der Waals surface area contributed by atoms with E-state index in [4.69, 9.17) is 4.74 Å². The summed E-state index contributed by atoms with van der Waals surface area (Å²) in [4.78, 5) is 36.2. The zero-order valence-corrected chi connectivity index (χ0v) is 18.9. The molecule has 0 unspecified atom stereocenters. The zero-order valence-electron chi connectivity index (χ0n) is 18.9. The largest absolute Gasteiger partial charge is 0.444 e. The van der Waals surface area contributed by atoms with E-state index in [2.05, 4.69) is 16.0 Å². The fourth-order valence-electron chi connectivity index (χ4n) is 2.98. The van der Waals surface area contributed by atoms with Crippen LogP contribution in [0.15, 0.2) is 73.1 Å². The van der Waals surface area contributed by atoms with Crippen LogP contribution < -0.4 is 16.0 Å². The van der Waals surface area contributed by atoms with E-state index in [1.165, 1.54) is 0 Å². The number of hydrogen-bond donors (Lipinski definition) is 3. The van der Waals surface area contributed by atoms with Crippen molar-refractivity contribution in [3.05, 3.63) is 84.2 Å². The summed E-state index contributed by atoms with van der Waals surface area (Å²) in [6, 6.07) is 18.4. The molecule has 3 N–H and O–H groups in total. The van der Waals surface area contributed by atoms with Gasteiger partial charge in [0.2, 0.25) is 5.91 Å². The Morgan fingerprint density at radius 1 is 0.909 bits per heavy atom. The van der Waals surface area contributed by atoms with E-state index in [-0.39, 0.29) is 24.9 Å². The van der Waals surface area contributed by atoms with Crippen LogP contribution in [-0.4, -0.2) is 34.6 Å². The van der Waals surface area contributed by atoms with E-state index in [1.807, 2.05) is 47.3 Å². The van der Waals surface area contributed by atoms with Crippen LogP contribution in [0.5, 0.6) is 0 Å². The van der Waals surface area contributed by atoms with Crippen LogP contribution in [0.4, 0.5) is 10.5 Å². The van der Waals surface area contributed by atoms with Crippen LogP contribution in [0.3, 0.4) is 0 Å². The lowest BCUT2D eigenvalue weighted by molar-refractivity contribution is -0.120. The molecule has 0 saturated heterocycles. The van der Waals surface area contributed by atoms with Crippen LogP contribution >= 0.6 is 0 Å². The molecule has 8 nitrogen and oxygen atoms in total. The highest BCUT2D eigenvalue weighted by atomic mass is 16.6. The number of anilines is 1. The van der Waals surface area contributed by atoms with Crippen molar-refractivity contribution in [1.82, 2.24) is 15.2 Å². The number of nitrogens with zero attached hydrogens (tertiary/aromatic N) is 1. The summed E-state index contributed by atoms with van der Waals surface area (Å²) in [5, 5.41) is 8.01. The Morgan fingerprint density at radius 3 is 2.27 bits per heavy atom. The minimum Gasteiger partial charge on any atom is -0.444 e. The van der Waals surface area contributed by atoms with Crippen molar-refractivity contribution >= 4 is 23.6 Å². The first-order valence-electron chi connectivity index (χ1n) is 10.6. The lowest BCUT2D eigenvalue weighted by atomic mass is 10.1. The third-order valence-electron chi connectivity index (χ3n) is 4.50. The van der Waals surface area contributed by atoms with Gasteiger partial charge in [0.1, 0.15) is 12.1 Å². The van der Waals surface area contributed by atoms with Crippen molar-refractivity contribution in [2.75, 3.05) is 11.9 Å². The summed E-state index contributed by atoms with van der Waals surface area (Å²) < 4.78 is 7.05. The molecular formula is C25H28N4O4. The molecule has 3 amide bonds. The molecule has 0 atom stereocenters. The fourth-order valence-corrected chi connectivity index (χ4v) is 2.98. The number of ether oxygens (including phenoxy) is 1. The maximum absolute atomic E-state index is 12.6. The van der Waals surface area contributed by atoms with Gasteiger partial charge in [-0.3, -0.25) is 9.59 Å². The second-order valence-electron chi connectivity index (χ2n) is 8.42. The Morgan fingerprint density at radius 2 is 1.61 bits per heavy atom. The molecule has 0 radical (unpaired) electrons. The number of amides is 3. The minimum absolute atomic E-state index is 0.190. The van der Waals surface area contributed by atoms with Crippen molar-refractivity contribution in [2.45, 2.75) is 32.9 Å². The van der Waals surface area contributed by atoms with Gasteiger partial charge >= 0.3 is 6.09 Å². The van der Waals surface area contributed by atoms with Gasteiger partial charge < -0.3 is 25.3 Å². The van der Waals surface area contributed by atoms with Crippen LogP contribution in [0.1, 0.15) is 36.7 Å². The van der Waals surface area contributed by atoms with E-state index in [1.54, 1.807) is 51.1 Å². The third kappa shape index (κ3) is 7.53. The van der Waals surface area contributed by atoms with Gasteiger partial charge in [0.25, 0.3) is 5.91 Å². The maximum Gasteiger partial charge on any atom is 0.408 e. The monoisotopic (exact) mass is 448 g/mol. The van der Waals surface area contributed by atoms with Gasteiger partial charge in [-0.05, 0) is 74.9 Å². The van der Waals surface area contributed by atoms with Gasteiger partial charge in [-0.25, -0.2) is 4.79 Å². The predicted molar refractivity (Wildman–Crippen MR) is 126 cm³/mol. The van der Waals surface area contributed by atoms with Gasteiger partial charge in [0, 0.05) is 35.9 Å². The van der Waals surface area contributed by atoms with Gasteiger partial charge in [-0.2, -0.15) is 0 Å². The number of benzene rings is 2. The van der Waals surface area contributed by atoms with Crippen molar-refractivity contribution in [3.63, 3.8) is 0 Å². The van der Waals surface area contributed by atoms with E-state index >= 15 is 0 Å². The van der Waals surface area contributed by atoms with E-state index in [0.29, 0.717) is 11.3 Å². The number of rotatable bonds is 7. The molecule has 0 aliphatic rings. The minimum atomic E-state index is -0.649. The Balaban J connectivity index is 1.49. The third-order valence-corrected chi connectivity index (χ3v) is 4.50. The highest BCUT2D eigenvalue weighted by molar-refractivity contribution is 6.04. The Kier molecular flexibility index (Phi) is 7.50. The second-order valence-corrected chi connectivity index (χ2v) is 8.42. The molecule has 172 valence electrons. The van der Waals surface area contributed by atoms with Crippen LogP contribution in [-0.2, 0) is 16.1 Å². The molecule has 3 aromatic rings. The van der Waals surface area contributed by atoms with Gasteiger partial charge in [0.15, 0.2) is 0 Å². The molecule has 0 spiro atoms. The average molecular weight is 449 g/mol. The molecule has 1 heterocycles. The SMILES string of the molecule is CC(C)(C)OC(=O)NCC(=O)NCc1cccc(NC(=O)c2ccc(-n3cccc3)cc2)c1. The summed E-state index contributed by atoms with van der Waals surface area (Å²) in [7, 11) is 0. The summed E-state index contributed by atoms with van der Waals surface area (Å²) >= 11 is 0. The predicted octanol–water partition coefficient (Wildman–Crippen LogP) is 3.87. The highest BCUT2D eigenvalue weighted by Crippen LogP contribution is 2.14.